The molecule has 27 heavy (non-hydrogen) atoms. The average Bonchev–Trinajstić information content (AvgIpc) is 3.13. The number of hydrogen-bond acceptors (Lipinski definition) is 2. The van der Waals surface area contributed by atoms with Crippen LogP contribution in [0.5, 0.6) is 0 Å². The van der Waals surface area contributed by atoms with Gasteiger partial charge in [-0.05, 0) is 36.4 Å². The van der Waals surface area contributed by atoms with Crippen molar-refractivity contribution in [1.29, 1.82) is 0 Å². The van der Waals surface area contributed by atoms with Gasteiger partial charge < -0.3 is 9.67 Å². The van der Waals surface area contributed by atoms with Gasteiger partial charge in [-0.3, -0.25) is 4.98 Å². The summed E-state index contributed by atoms with van der Waals surface area (Å²) in [5.74, 6) is 0. The second-order valence-electron chi connectivity index (χ2n) is 6.13. The molecule has 0 aliphatic carbocycles. The van der Waals surface area contributed by atoms with Gasteiger partial charge in [-0.15, -0.1) is 0 Å². The van der Waals surface area contributed by atoms with Gasteiger partial charge in [0.05, 0.1) is 5.69 Å². The minimum atomic E-state index is -0.876. The van der Waals surface area contributed by atoms with Gasteiger partial charge in [0, 0.05) is 51.0 Å². The summed E-state index contributed by atoms with van der Waals surface area (Å²) in [5.41, 5.74) is 3.99. The van der Waals surface area contributed by atoms with E-state index in [1.54, 1.807) is 18.5 Å². The van der Waals surface area contributed by atoms with Gasteiger partial charge in [0.15, 0.2) is 0 Å². The van der Waals surface area contributed by atoms with E-state index in [0.29, 0.717) is 21.3 Å². The third kappa shape index (κ3) is 3.50. The van der Waals surface area contributed by atoms with Crippen LogP contribution in [0.15, 0.2) is 85.3 Å². The Morgan fingerprint density at radius 3 is 2.48 bits per heavy atom. The zero-order valence-corrected chi connectivity index (χ0v) is 15.8. The number of halogens is 2. The zero-order valence-electron chi connectivity index (χ0n) is 14.3. The summed E-state index contributed by atoms with van der Waals surface area (Å²) in [5, 5.41) is 12.4. The molecule has 0 amide bonds. The van der Waals surface area contributed by atoms with E-state index < -0.39 is 6.10 Å². The van der Waals surface area contributed by atoms with Crippen LogP contribution in [0.3, 0.4) is 0 Å². The maximum atomic E-state index is 11.2. The lowest BCUT2D eigenvalue weighted by Gasteiger charge is -2.18. The third-order valence-electron chi connectivity index (χ3n) is 4.44. The summed E-state index contributed by atoms with van der Waals surface area (Å²) in [6.45, 7) is 0. The van der Waals surface area contributed by atoms with Gasteiger partial charge in [-0.1, -0.05) is 53.5 Å². The molecule has 0 saturated heterocycles. The molecule has 3 nitrogen and oxygen atoms in total. The summed E-state index contributed by atoms with van der Waals surface area (Å²) in [7, 11) is 0. The Hall–Kier alpha value is -2.59. The smallest absolute Gasteiger partial charge is 0.121 e. The predicted octanol–water partition coefficient (Wildman–Crippen LogP) is 5.93. The van der Waals surface area contributed by atoms with Crippen molar-refractivity contribution in [3.63, 3.8) is 0 Å². The van der Waals surface area contributed by atoms with E-state index in [0.717, 1.165) is 16.8 Å². The van der Waals surface area contributed by atoms with Crippen molar-refractivity contribution in [2.75, 3.05) is 0 Å². The normalized spacial score (nSPS) is 12.1. The summed E-state index contributed by atoms with van der Waals surface area (Å²) >= 11 is 12.6. The first-order valence-corrected chi connectivity index (χ1v) is 9.21. The summed E-state index contributed by atoms with van der Waals surface area (Å²) in [4.78, 5) is 4.14. The highest BCUT2D eigenvalue weighted by molar-refractivity contribution is 6.33. The SMILES string of the molecule is OC(c1cccnc1)c1c(-c2ccccc2Cl)ccn1-c1cccc(Cl)c1. The first-order valence-electron chi connectivity index (χ1n) is 8.45. The molecule has 0 fully saturated rings. The molecule has 2 aromatic heterocycles. The van der Waals surface area contributed by atoms with Crippen LogP contribution in [-0.2, 0) is 0 Å². The number of benzene rings is 2. The van der Waals surface area contributed by atoms with Gasteiger partial charge in [0.25, 0.3) is 0 Å². The number of pyridine rings is 1. The van der Waals surface area contributed by atoms with E-state index in [4.69, 9.17) is 23.2 Å². The molecule has 0 bridgehead atoms. The lowest BCUT2D eigenvalue weighted by atomic mass is 9.99. The van der Waals surface area contributed by atoms with Gasteiger partial charge >= 0.3 is 0 Å². The molecule has 134 valence electrons. The Bertz CT molecular complexity index is 1080. The van der Waals surface area contributed by atoms with Gasteiger partial charge in [-0.2, -0.15) is 0 Å². The number of aliphatic hydroxyl groups is 1. The molecule has 0 aliphatic rings. The van der Waals surface area contributed by atoms with E-state index in [1.807, 2.05) is 71.4 Å². The standard InChI is InChI=1S/C22H16Cl2N2O/c23-16-6-3-7-17(13-16)26-12-10-19(18-8-1-2-9-20(18)24)21(26)22(27)15-5-4-11-25-14-15/h1-14,22,27H. The Balaban J connectivity index is 1.95. The lowest BCUT2D eigenvalue weighted by molar-refractivity contribution is 0.213. The molecule has 4 aromatic rings. The first-order chi connectivity index (χ1) is 13.1. The Kier molecular flexibility index (Phi) is 4.99. The Labute approximate surface area is 167 Å². The van der Waals surface area contributed by atoms with Crippen molar-refractivity contribution in [3.05, 3.63) is 107 Å². The highest BCUT2D eigenvalue weighted by Crippen LogP contribution is 2.37. The second-order valence-corrected chi connectivity index (χ2v) is 6.98. The molecule has 1 unspecified atom stereocenters. The summed E-state index contributed by atoms with van der Waals surface area (Å²) < 4.78 is 1.93. The van der Waals surface area contributed by atoms with Crippen molar-refractivity contribution in [3.8, 4) is 16.8 Å². The van der Waals surface area contributed by atoms with Gasteiger partial charge in [0.1, 0.15) is 6.10 Å². The van der Waals surface area contributed by atoms with Crippen LogP contribution in [0.25, 0.3) is 16.8 Å². The number of rotatable bonds is 4. The van der Waals surface area contributed by atoms with E-state index in [9.17, 15) is 5.11 Å². The fraction of sp³-hybridized carbons (Fsp3) is 0.0455. The highest BCUT2D eigenvalue weighted by atomic mass is 35.5. The molecule has 2 aromatic carbocycles. The van der Waals surface area contributed by atoms with Crippen LogP contribution < -0.4 is 0 Å². The van der Waals surface area contributed by atoms with Crippen LogP contribution in [0.1, 0.15) is 17.4 Å². The molecule has 0 saturated carbocycles. The third-order valence-corrected chi connectivity index (χ3v) is 5.00. The van der Waals surface area contributed by atoms with Gasteiger partial charge in [0.2, 0.25) is 0 Å². The van der Waals surface area contributed by atoms with Crippen molar-refractivity contribution in [1.82, 2.24) is 9.55 Å². The lowest BCUT2D eigenvalue weighted by Crippen LogP contribution is -2.08. The molecular formula is C22H16Cl2N2O. The molecule has 1 atom stereocenters. The first kappa shape index (κ1) is 17.8. The second kappa shape index (κ2) is 7.57. The molecule has 4 rings (SSSR count). The van der Waals surface area contributed by atoms with E-state index in [2.05, 4.69) is 4.98 Å². The van der Waals surface area contributed by atoms with Crippen molar-refractivity contribution >= 4 is 23.2 Å². The van der Waals surface area contributed by atoms with Crippen molar-refractivity contribution in [2.45, 2.75) is 6.10 Å². The van der Waals surface area contributed by atoms with Crippen LogP contribution in [0, 0.1) is 0 Å². The van der Waals surface area contributed by atoms with E-state index in [1.165, 1.54) is 0 Å². The monoisotopic (exact) mass is 394 g/mol. The molecule has 2 heterocycles. The maximum Gasteiger partial charge on any atom is 0.121 e. The largest absolute Gasteiger partial charge is 0.382 e. The van der Waals surface area contributed by atoms with Crippen molar-refractivity contribution in [2.24, 2.45) is 0 Å². The maximum absolute atomic E-state index is 11.2. The van der Waals surface area contributed by atoms with Crippen molar-refractivity contribution < 1.29 is 5.11 Å². The number of aliphatic hydroxyl groups excluding tert-OH is 1. The zero-order chi connectivity index (χ0) is 18.8. The topological polar surface area (TPSA) is 38.1 Å². The fourth-order valence-corrected chi connectivity index (χ4v) is 3.60. The summed E-state index contributed by atoms with van der Waals surface area (Å²) in [6.07, 6.45) is 4.38. The molecule has 0 spiro atoms. The van der Waals surface area contributed by atoms with Crippen LogP contribution in [0.2, 0.25) is 10.0 Å². The minimum Gasteiger partial charge on any atom is -0.382 e. The molecule has 0 radical (unpaired) electrons. The fourth-order valence-electron chi connectivity index (χ4n) is 3.18. The molecule has 0 aliphatic heterocycles. The molecule has 1 N–H and O–H groups in total. The quantitative estimate of drug-likeness (QED) is 0.465. The minimum absolute atomic E-state index is 0.626. The summed E-state index contributed by atoms with van der Waals surface area (Å²) in [6, 6.07) is 20.7. The van der Waals surface area contributed by atoms with Crippen LogP contribution in [0.4, 0.5) is 0 Å². The number of aromatic nitrogens is 2. The van der Waals surface area contributed by atoms with E-state index >= 15 is 0 Å². The predicted molar refractivity (Wildman–Crippen MR) is 110 cm³/mol. The van der Waals surface area contributed by atoms with Crippen LogP contribution >= 0.6 is 23.2 Å². The van der Waals surface area contributed by atoms with E-state index in [-0.39, 0.29) is 0 Å². The average molecular weight is 395 g/mol. The highest BCUT2D eigenvalue weighted by Gasteiger charge is 2.22. The van der Waals surface area contributed by atoms with Crippen LogP contribution in [-0.4, -0.2) is 14.7 Å². The molecule has 5 heteroatoms. The Morgan fingerprint density at radius 2 is 1.74 bits per heavy atom. The van der Waals surface area contributed by atoms with Gasteiger partial charge in [-0.25, -0.2) is 0 Å². The number of hydrogen-bond donors (Lipinski definition) is 1. The Morgan fingerprint density at radius 1 is 0.889 bits per heavy atom. The molecular weight excluding hydrogens is 379 g/mol. The number of nitrogens with zero attached hydrogens (tertiary/aromatic N) is 2.